The monoisotopic (exact) mass is 226 g/mol. The predicted molar refractivity (Wildman–Crippen MR) is 67.8 cm³/mol. The van der Waals surface area contributed by atoms with Crippen molar-refractivity contribution < 1.29 is 4.74 Å². The summed E-state index contributed by atoms with van der Waals surface area (Å²) >= 11 is 0. The quantitative estimate of drug-likeness (QED) is 0.699. The third kappa shape index (κ3) is 1.45. The van der Waals surface area contributed by atoms with E-state index < -0.39 is 0 Å². The van der Waals surface area contributed by atoms with Crippen molar-refractivity contribution in [2.45, 2.75) is 25.4 Å². The number of allylic oxidation sites excluding steroid dienone is 2. The van der Waals surface area contributed by atoms with Crippen molar-refractivity contribution >= 4 is 0 Å². The number of hydrogen-bond acceptors (Lipinski definition) is 1. The van der Waals surface area contributed by atoms with Crippen LogP contribution in [0.15, 0.2) is 42.5 Å². The molecule has 0 aliphatic heterocycles. The number of hydrogen-bond donors (Lipinski definition) is 0. The van der Waals surface area contributed by atoms with E-state index in [0.717, 1.165) is 29.4 Å². The van der Waals surface area contributed by atoms with Gasteiger partial charge in [0, 0.05) is 5.92 Å². The van der Waals surface area contributed by atoms with E-state index in [2.05, 4.69) is 36.4 Å². The highest BCUT2D eigenvalue weighted by atomic mass is 16.5. The van der Waals surface area contributed by atoms with Gasteiger partial charge in [-0.1, -0.05) is 30.4 Å². The summed E-state index contributed by atoms with van der Waals surface area (Å²) in [7, 11) is 0. The van der Waals surface area contributed by atoms with Crippen LogP contribution in [0.25, 0.3) is 0 Å². The molecule has 0 saturated heterocycles. The van der Waals surface area contributed by atoms with Gasteiger partial charge in [0.1, 0.15) is 11.9 Å². The maximum absolute atomic E-state index is 6.21. The molecule has 0 radical (unpaired) electrons. The number of benzene rings is 1. The van der Waals surface area contributed by atoms with E-state index in [1.54, 1.807) is 0 Å². The Bertz CT molecular complexity index is 436. The van der Waals surface area contributed by atoms with Crippen molar-refractivity contribution in [2.75, 3.05) is 0 Å². The van der Waals surface area contributed by atoms with Crippen LogP contribution in [0.1, 0.15) is 19.3 Å². The molecule has 0 heterocycles. The minimum atomic E-state index is 0.461. The smallest absolute Gasteiger partial charge is 0.119 e. The number of fused-ring (bicyclic) bond motifs is 2. The van der Waals surface area contributed by atoms with Crippen LogP contribution in [-0.4, -0.2) is 6.10 Å². The molecule has 1 nitrogen and oxygen atoms in total. The second kappa shape index (κ2) is 3.63. The van der Waals surface area contributed by atoms with Crippen molar-refractivity contribution in [3.05, 3.63) is 42.5 Å². The molecule has 0 unspecified atom stereocenters. The van der Waals surface area contributed by atoms with Crippen LogP contribution in [0, 0.1) is 23.7 Å². The lowest BCUT2D eigenvalue weighted by Gasteiger charge is -2.54. The second-order valence-corrected chi connectivity index (χ2v) is 5.75. The minimum Gasteiger partial charge on any atom is -0.490 e. The Kier molecular flexibility index (Phi) is 2.08. The first kappa shape index (κ1) is 9.76. The summed E-state index contributed by atoms with van der Waals surface area (Å²) in [4.78, 5) is 0. The second-order valence-electron chi connectivity index (χ2n) is 5.75. The molecular weight excluding hydrogens is 208 g/mol. The van der Waals surface area contributed by atoms with E-state index in [1.165, 1.54) is 19.3 Å². The first-order valence-electron chi connectivity index (χ1n) is 6.82. The van der Waals surface area contributed by atoms with Crippen LogP contribution < -0.4 is 4.74 Å². The maximum Gasteiger partial charge on any atom is 0.119 e. The lowest BCUT2D eigenvalue weighted by atomic mass is 9.53. The highest BCUT2D eigenvalue weighted by Gasteiger charge is 2.50. The highest BCUT2D eigenvalue weighted by Crippen LogP contribution is 2.54. The molecule has 1 heteroatoms. The summed E-state index contributed by atoms with van der Waals surface area (Å²) in [6.07, 6.45) is 9.37. The topological polar surface area (TPSA) is 9.23 Å². The molecule has 0 aromatic heterocycles. The standard InChI is InChI=1S/C16H18O/c1-2-4-12(5-3-1)17-16-10-11-6-7-15(16)14-9-8-13(11)14/h1-5,8-9,11,13-16H,6-7,10H2/t11-,13+,14+,15+,16+/m0/s1. The molecule has 0 N–H and O–H groups in total. The highest BCUT2D eigenvalue weighted by molar-refractivity contribution is 5.23. The van der Waals surface area contributed by atoms with Gasteiger partial charge >= 0.3 is 0 Å². The molecule has 4 aliphatic rings. The molecule has 1 aromatic rings. The van der Waals surface area contributed by atoms with Crippen molar-refractivity contribution in [1.82, 2.24) is 0 Å². The van der Waals surface area contributed by atoms with Gasteiger partial charge < -0.3 is 4.74 Å². The molecule has 0 amide bonds. The SMILES string of the molecule is C1=C[C@@H]2[C@H]1[C@H]1CC[C@H]2[C@H](Oc2ccccc2)C1. The summed E-state index contributed by atoms with van der Waals surface area (Å²) in [6.45, 7) is 0. The fourth-order valence-corrected chi connectivity index (χ4v) is 4.05. The van der Waals surface area contributed by atoms with Gasteiger partial charge in [-0.2, -0.15) is 0 Å². The normalized spacial score (nSPS) is 41.8. The Morgan fingerprint density at radius 1 is 0.941 bits per heavy atom. The number of para-hydroxylation sites is 1. The first-order valence-corrected chi connectivity index (χ1v) is 6.82. The van der Waals surface area contributed by atoms with Gasteiger partial charge in [-0.25, -0.2) is 0 Å². The zero-order valence-electron chi connectivity index (χ0n) is 9.96. The molecule has 4 aliphatic carbocycles. The first-order chi connectivity index (χ1) is 8.42. The van der Waals surface area contributed by atoms with Gasteiger partial charge in [-0.05, 0) is 49.1 Å². The predicted octanol–water partition coefficient (Wildman–Crippen LogP) is 3.67. The lowest BCUT2D eigenvalue weighted by Crippen LogP contribution is -2.51. The van der Waals surface area contributed by atoms with E-state index >= 15 is 0 Å². The van der Waals surface area contributed by atoms with E-state index in [1.807, 2.05) is 6.07 Å². The summed E-state index contributed by atoms with van der Waals surface area (Å²) < 4.78 is 6.21. The van der Waals surface area contributed by atoms with E-state index in [4.69, 9.17) is 4.74 Å². The van der Waals surface area contributed by atoms with Gasteiger partial charge in [0.05, 0.1) is 0 Å². The molecular formula is C16H18O. The Balaban J connectivity index is 1.55. The minimum absolute atomic E-state index is 0.461. The van der Waals surface area contributed by atoms with Crippen molar-refractivity contribution in [1.29, 1.82) is 0 Å². The Morgan fingerprint density at radius 3 is 2.47 bits per heavy atom. The van der Waals surface area contributed by atoms with Crippen LogP contribution in [-0.2, 0) is 0 Å². The number of ether oxygens (including phenoxy) is 1. The zero-order valence-corrected chi connectivity index (χ0v) is 9.96. The van der Waals surface area contributed by atoms with Crippen molar-refractivity contribution in [2.24, 2.45) is 23.7 Å². The molecule has 5 atom stereocenters. The molecule has 5 rings (SSSR count). The average Bonchev–Trinajstić information content (AvgIpc) is 2.31. The van der Waals surface area contributed by atoms with Crippen LogP contribution in [0.4, 0.5) is 0 Å². The number of rotatable bonds is 2. The summed E-state index contributed by atoms with van der Waals surface area (Å²) in [6, 6.07) is 10.3. The molecule has 3 fully saturated rings. The maximum atomic E-state index is 6.21. The fraction of sp³-hybridized carbons (Fsp3) is 0.500. The van der Waals surface area contributed by atoms with Gasteiger partial charge in [0.2, 0.25) is 0 Å². The third-order valence-electron chi connectivity index (χ3n) is 4.95. The van der Waals surface area contributed by atoms with Crippen LogP contribution in [0.5, 0.6) is 5.75 Å². The van der Waals surface area contributed by atoms with E-state index in [9.17, 15) is 0 Å². The fourth-order valence-electron chi connectivity index (χ4n) is 4.05. The van der Waals surface area contributed by atoms with Gasteiger partial charge in [0.15, 0.2) is 0 Å². The molecule has 88 valence electrons. The summed E-state index contributed by atoms with van der Waals surface area (Å²) in [5, 5.41) is 0. The third-order valence-corrected chi connectivity index (χ3v) is 4.95. The van der Waals surface area contributed by atoms with E-state index in [0.29, 0.717) is 6.10 Å². The Labute approximate surface area is 102 Å². The summed E-state index contributed by atoms with van der Waals surface area (Å²) in [5.74, 6) is 4.43. The van der Waals surface area contributed by atoms with Crippen LogP contribution in [0.2, 0.25) is 0 Å². The lowest BCUT2D eigenvalue weighted by molar-refractivity contribution is -0.0426. The van der Waals surface area contributed by atoms with Crippen LogP contribution >= 0.6 is 0 Å². The van der Waals surface area contributed by atoms with E-state index in [-0.39, 0.29) is 0 Å². The average molecular weight is 226 g/mol. The van der Waals surface area contributed by atoms with Gasteiger partial charge in [-0.3, -0.25) is 0 Å². The molecule has 0 spiro atoms. The van der Waals surface area contributed by atoms with Crippen molar-refractivity contribution in [3.63, 3.8) is 0 Å². The molecule has 3 saturated carbocycles. The summed E-state index contributed by atoms with van der Waals surface area (Å²) in [5.41, 5.74) is 0. The molecule has 2 bridgehead atoms. The Hall–Kier alpha value is -1.24. The van der Waals surface area contributed by atoms with Gasteiger partial charge in [-0.15, -0.1) is 0 Å². The van der Waals surface area contributed by atoms with Gasteiger partial charge in [0.25, 0.3) is 0 Å². The zero-order chi connectivity index (χ0) is 11.2. The molecule has 1 aromatic carbocycles. The van der Waals surface area contributed by atoms with Crippen LogP contribution in [0.3, 0.4) is 0 Å². The van der Waals surface area contributed by atoms with Crippen molar-refractivity contribution in [3.8, 4) is 5.75 Å². The largest absolute Gasteiger partial charge is 0.490 e. The Morgan fingerprint density at radius 2 is 1.76 bits per heavy atom. The molecule has 17 heavy (non-hydrogen) atoms.